The largest absolute Gasteiger partial charge is 0.373 e. The summed E-state index contributed by atoms with van der Waals surface area (Å²) in [5.41, 5.74) is 3.09. The summed E-state index contributed by atoms with van der Waals surface area (Å²) in [5.74, 6) is 1.10. The van der Waals surface area contributed by atoms with Crippen LogP contribution < -0.4 is 5.32 Å². The van der Waals surface area contributed by atoms with Crippen molar-refractivity contribution in [2.24, 2.45) is 0 Å². The van der Waals surface area contributed by atoms with Gasteiger partial charge in [-0.3, -0.25) is 4.98 Å². The number of anilines is 1. The summed E-state index contributed by atoms with van der Waals surface area (Å²) >= 11 is 3.36. The van der Waals surface area contributed by atoms with Crippen molar-refractivity contribution in [1.82, 2.24) is 15.1 Å². The molecule has 6 heteroatoms. The van der Waals surface area contributed by atoms with Gasteiger partial charge in [0.2, 0.25) is 11.7 Å². The molecule has 0 saturated carbocycles. The van der Waals surface area contributed by atoms with Crippen LogP contribution in [0.5, 0.6) is 0 Å². The molecule has 104 valence electrons. The van der Waals surface area contributed by atoms with Gasteiger partial charge in [-0.05, 0) is 39.7 Å². The van der Waals surface area contributed by atoms with Crippen LogP contribution in [-0.4, -0.2) is 15.1 Å². The number of para-hydroxylation sites is 1. The van der Waals surface area contributed by atoms with Crippen LogP contribution >= 0.6 is 15.9 Å². The summed E-state index contributed by atoms with van der Waals surface area (Å²) in [7, 11) is 0. The minimum atomic E-state index is 0.0269. The summed E-state index contributed by atoms with van der Waals surface area (Å²) in [5, 5.41) is 7.42. The van der Waals surface area contributed by atoms with Crippen LogP contribution in [0.2, 0.25) is 0 Å². The van der Waals surface area contributed by atoms with Crippen LogP contribution in [0, 0.1) is 0 Å². The highest BCUT2D eigenvalue weighted by Crippen LogP contribution is 2.33. The van der Waals surface area contributed by atoms with E-state index in [4.69, 9.17) is 4.52 Å². The molecule has 0 aliphatic carbocycles. The maximum absolute atomic E-state index is 5.39. The van der Waals surface area contributed by atoms with Crippen LogP contribution in [0.3, 0.4) is 0 Å². The lowest BCUT2D eigenvalue weighted by molar-refractivity contribution is 0.364. The molecule has 4 rings (SSSR count). The number of pyridine rings is 1. The normalized spacial score (nSPS) is 16.5. The van der Waals surface area contributed by atoms with Gasteiger partial charge in [0.05, 0.1) is 0 Å². The molecule has 2 aromatic heterocycles. The quantitative estimate of drug-likeness (QED) is 0.770. The molecule has 5 nitrogen and oxygen atoms in total. The van der Waals surface area contributed by atoms with Gasteiger partial charge in [0.1, 0.15) is 11.7 Å². The number of nitrogens with zero attached hydrogens (tertiary/aromatic N) is 3. The number of hydrogen-bond donors (Lipinski definition) is 1. The summed E-state index contributed by atoms with van der Waals surface area (Å²) < 4.78 is 6.31. The molecule has 0 radical (unpaired) electrons. The molecule has 0 saturated heterocycles. The van der Waals surface area contributed by atoms with Crippen molar-refractivity contribution in [3.8, 4) is 11.5 Å². The lowest BCUT2D eigenvalue weighted by Gasteiger charge is -2.04. The Labute approximate surface area is 129 Å². The Morgan fingerprint density at radius 1 is 1.19 bits per heavy atom. The minimum absolute atomic E-state index is 0.0269. The lowest BCUT2D eigenvalue weighted by Crippen LogP contribution is -2.05. The Kier molecular flexibility index (Phi) is 2.96. The third kappa shape index (κ3) is 2.31. The highest BCUT2D eigenvalue weighted by molar-refractivity contribution is 9.10. The Bertz CT molecular complexity index is 759. The van der Waals surface area contributed by atoms with E-state index < -0.39 is 0 Å². The molecule has 0 bridgehead atoms. The molecule has 1 aliphatic heterocycles. The molecular weight excluding hydrogens is 332 g/mol. The van der Waals surface area contributed by atoms with E-state index in [2.05, 4.69) is 48.5 Å². The number of nitrogens with one attached hydrogen (secondary N) is 1. The van der Waals surface area contributed by atoms with E-state index in [1.165, 1.54) is 5.56 Å². The lowest BCUT2D eigenvalue weighted by atomic mass is 10.1. The third-order valence-electron chi connectivity index (χ3n) is 3.47. The van der Waals surface area contributed by atoms with Crippen molar-refractivity contribution in [2.45, 2.75) is 12.5 Å². The van der Waals surface area contributed by atoms with Gasteiger partial charge in [-0.25, -0.2) is 0 Å². The number of benzene rings is 1. The van der Waals surface area contributed by atoms with Gasteiger partial charge >= 0.3 is 0 Å². The number of halogens is 1. The predicted molar refractivity (Wildman–Crippen MR) is 81.7 cm³/mol. The molecular formula is C15H11BrN4O. The van der Waals surface area contributed by atoms with Crippen LogP contribution in [-0.2, 0) is 6.42 Å². The van der Waals surface area contributed by atoms with Crippen LogP contribution in [0.15, 0.2) is 51.6 Å². The van der Waals surface area contributed by atoms with E-state index in [9.17, 15) is 0 Å². The van der Waals surface area contributed by atoms with Crippen LogP contribution in [0.25, 0.3) is 11.5 Å². The van der Waals surface area contributed by atoms with Crippen molar-refractivity contribution in [1.29, 1.82) is 0 Å². The van der Waals surface area contributed by atoms with Crippen LogP contribution in [0.4, 0.5) is 5.69 Å². The van der Waals surface area contributed by atoms with E-state index in [0.29, 0.717) is 17.4 Å². The molecule has 1 aromatic carbocycles. The Hall–Kier alpha value is -2.21. The average Bonchev–Trinajstić information content (AvgIpc) is 3.14. The standard InChI is InChI=1S/C15H11BrN4O/c16-10-5-6-12(17-8-10)14-19-15(21-20-14)13-7-9-3-1-2-4-11(9)18-13/h1-6,8,13,18H,7H2. The first-order chi connectivity index (χ1) is 10.3. The van der Waals surface area contributed by atoms with E-state index in [0.717, 1.165) is 16.6 Å². The predicted octanol–water partition coefficient (Wildman–Crippen LogP) is 3.60. The Morgan fingerprint density at radius 2 is 2.10 bits per heavy atom. The molecule has 1 unspecified atom stereocenters. The monoisotopic (exact) mass is 342 g/mol. The second kappa shape index (κ2) is 4.96. The first-order valence-electron chi connectivity index (χ1n) is 6.59. The van der Waals surface area contributed by atoms with Gasteiger partial charge in [0.25, 0.3) is 0 Å². The molecule has 1 aliphatic rings. The molecule has 3 heterocycles. The molecule has 1 atom stereocenters. The topological polar surface area (TPSA) is 63.8 Å². The van der Waals surface area contributed by atoms with Gasteiger partial charge in [0.15, 0.2) is 0 Å². The Balaban J connectivity index is 1.60. The summed E-state index contributed by atoms with van der Waals surface area (Å²) in [6, 6.07) is 12.0. The highest BCUT2D eigenvalue weighted by atomic mass is 79.9. The van der Waals surface area contributed by atoms with Gasteiger partial charge in [-0.15, -0.1) is 0 Å². The summed E-state index contributed by atoms with van der Waals surface area (Å²) in [6.45, 7) is 0. The zero-order valence-corrected chi connectivity index (χ0v) is 12.5. The number of rotatable bonds is 2. The van der Waals surface area contributed by atoms with Crippen LogP contribution in [0.1, 0.15) is 17.5 Å². The first-order valence-corrected chi connectivity index (χ1v) is 7.39. The van der Waals surface area contributed by atoms with E-state index in [-0.39, 0.29) is 6.04 Å². The SMILES string of the molecule is Brc1ccc(-c2noc(C3Cc4ccccc4N3)n2)nc1. The van der Waals surface area contributed by atoms with Gasteiger partial charge in [0, 0.05) is 22.8 Å². The Morgan fingerprint density at radius 3 is 2.90 bits per heavy atom. The first kappa shape index (κ1) is 12.5. The van der Waals surface area contributed by atoms with E-state index in [1.54, 1.807) is 6.20 Å². The minimum Gasteiger partial charge on any atom is -0.373 e. The highest BCUT2D eigenvalue weighted by Gasteiger charge is 2.26. The maximum atomic E-state index is 5.39. The van der Waals surface area contributed by atoms with Crippen molar-refractivity contribution < 1.29 is 4.52 Å². The molecule has 0 amide bonds. The van der Waals surface area contributed by atoms with Crippen molar-refractivity contribution in [3.05, 3.63) is 58.5 Å². The maximum Gasteiger partial charge on any atom is 0.249 e. The van der Waals surface area contributed by atoms with Crippen molar-refractivity contribution >= 4 is 21.6 Å². The van der Waals surface area contributed by atoms with Gasteiger partial charge < -0.3 is 9.84 Å². The third-order valence-corrected chi connectivity index (χ3v) is 3.94. The molecule has 0 fully saturated rings. The number of fused-ring (bicyclic) bond motifs is 1. The smallest absolute Gasteiger partial charge is 0.249 e. The number of aromatic nitrogens is 3. The zero-order valence-electron chi connectivity index (χ0n) is 11.0. The fourth-order valence-electron chi connectivity index (χ4n) is 2.44. The van der Waals surface area contributed by atoms with Crippen molar-refractivity contribution in [2.75, 3.05) is 5.32 Å². The number of hydrogen-bond acceptors (Lipinski definition) is 5. The molecule has 1 N–H and O–H groups in total. The van der Waals surface area contributed by atoms with Gasteiger partial charge in [-0.1, -0.05) is 23.4 Å². The molecule has 0 spiro atoms. The zero-order chi connectivity index (χ0) is 14.2. The fraction of sp³-hybridized carbons (Fsp3) is 0.133. The summed E-state index contributed by atoms with van der Waals surface area (Å²) in [6.07, 6.45) is 2.57. The second-order valence-corrected chi connectivity index (χ2v) is 5.79. The second-order valence-electron chi connectivity index (χ2n) is 4.88. The molecule has 3 aromatic rings. The fourth-order valence-corrected chi connectivity index (χ4v) is 2.67. The van der Waals surface area contributed by atoms with E-state index >= 15 is 0 Å². The summed E-state index contributed by atoms with van der Waals surface area (Å²) in [4.78, 5) is 8.73. The average molecular weight is 343 g/mol. The van der Waals surface area contributed by atoms with Gasteiger partial charge in [-0.2, -0.15) is 4.98 Å². The van der Waals surface area contributed by atoms with E-state index in [1.807, 2.05) is 24.3 Å². The van der Waals surface area contributed by atoms with Crippen molar-refractivity contribution in [3.63, 3.8) is 0 Å². The molecule has 21 heavy (non-hydrogen) atoms.